The van der Waals surface area contributed by atoms with Gasteiger partial charge in [0.1, 0.15) is 0 Å². The van der Waals surface area contributed by atoms with E-state index in [1.54, 1.807) is 0 Å². The molecule has 0 aromatic carbocycles. The molecule has 2 saturated carbocycles. The molecule has 3 unspecified atom stereocenters. The van der Waals surface area contributed by atoms with Crippen molar-refractivity contribution < 1.29 is 19.8 Å². The van der Waals surface area contributed by atoms with Crippen molar-refractivity contribution in [1.82, 2.24) is 5.32 Å². The molecule has 21 heavy (non-hydrogen) atoms. The van der Waals surface area contributed by atoms with Crippen LogP contribution in [-0.4, -0.2) is 34.2 Å². The van der Waals surface area contributed by atoms with Gasteiger partial charge in [-0.05, 0) is 50.4 Å². The summed E-state index contributed by atoms with van der Waals surface area (Å²) in [5.74, 6) is -1.22. The monoisotopic (exact) mass is 297 g/mol. The standard InChI is InChI=1S/C16H27NO4/c1-10-3-5-16(9-18,6-4-10)17-14(19)12-7-11(2)8-13(12)15(20)21/h10-13,18H,3-9H2,1-2H3,(H,17,19)(H,20,21). The molecule has 2 fully saturated rings. The molecule has 5 heteroatoms. The Hall–Kier alpha value is -1.10. The first kappa shape index (κ1) is 16.3. The number of aliphatic hydroxyl groups is 1. The van der Waals surface area contributed by atoms with Gasteiger partial charge >= 0.3 is 5.97 Å². The van der Waals surface area contributed by atoms with Gasteiger partial charge < -0.3 is 15.5 Å². The van der Waals surface area contributed by atoms with Crippen LogP contribution in [0.25, 0.3) is 0 Å². The molecule has 120 valence electrons. The minimum Gasteiger partial charge on any atom is -0.481 e. The second-order valence-electron chi connectivity index (χ2n) is 7.24. The molecular weight excluding hydrogens is 270 g/mol. The van der Waals surface area contributed by atoms with E-state index >= 15 is 0 Å². The second-order valence-corrected chi connectivity index (χ2v) is 7.24. The number of hydrogen-bond donors (Lipinski definition) is 3. The minimum atomic E-state index is -0.880. The van der Waals surface area contributed by atoms with Gasteiger partial charge in [0, 0.05) is 0 Å². The highest BCUT2D eigenvalue weighted by molar-refractivity contribution is 5.85. The predicted octanol–water partition coefficient (Wildman–Crippen LogP) is 1.79. The normalized spacial score (nSPS) is 40.0. The van der Waals surface area contributed by atoms with Gasteiger partial charge in [0.25, 0.3) is 0 Å². The van der Waals surface area contributed by atoms with Gasteiger partial charge in [-0.2, -0.15) is 0 Å². The molecule has 0 spiro atoms. The van der Waals surface area contributed by atoms with Crippen molar-refractivity contribution in [3.8, 4) is 0 Å². The van der Waals surface area contributed by atoms with E-state index in [1.807, 2.05) is 6.92 Å². The minimum absolute atomic E-state index is 0.0640. The number of hydrogen-bond acceptors (Lipinski definition) is 3. The van der Waals surface area contributed by atoms with Crippen molar-refractivity contribution in [3.63, 3.8) is 0 Å². The van der Waals surface area contributed by atoms with Crippen LogP contribution in [0, 0.1) is 23.7 Å². The summed E-state index contributed by atoms with van der Waals surface area (Å²) < 4.78 is 0. The van der Waals surface area contributed by atoms with Crippen LogP contribution >= 0.6 is 0 Å². The molecule has 0 bridgehead atoms. The summed E-state index contributed by atoms with van der Waals surface area (Å²) in [6.45, 7) is 4.11. The average molecular weight is 297 g/mol. The molecule has 2 aliphatic rings. The summed E-state index contributed by atoms with van der Waals surface area (Å²) >= 11 is 0. The summed E-state index contributed by atoms with van der Waals surface area (Å²) in [5, 5.41) is 22.0. The molecule has 1 amide bonds. The molecule has 5 nitrogen and oxygen atoms in total. The molecule has 0 saturated heterocycles. The maximum absolute atomic E-state index is 12.5. The molecular formula is C16H27NO4. The van der Waals surface area contributed by atoms with E-state index in [4.69, 9.17) is 0 Å². The van der Waals surface area contributed by atoms with Crippen molar-refractivity contribution in [2.24, 2.45) is 23.7 Å². The number of aliphatic hydroxyl groups excluding tert-OH is 1. The molecule has 0 aromatic rings. The summed E-state index contributed by atoms with van der Waals surface area (Å²) in [5.41, 5.74) is -0.543. The highest BCUT2D eigenvalue weighted by Crippen LogP contribution is 2.38. The molecule has 0 radical (unpaired) electrons. The van der Waals surface area contributed by atoms with Gasteiger partial charge in [-0.15, -0.1) is 0 Å². The van der Waals surface area contributed by atoms with Crippen molar-refractivity contribution in [3.05, 3.63) is 0 Å². The Morgan fingerprint density at radius 3 is 2.19 bits per heavy atom. The van der Waals surface area contributed by atoms with Gasteiger partial charge in [-0.25, -0.2) is 0 Å². The van der Waals surface area contributed by atoms with Crippen molar-refractivity contribution in [2.45, 2.75) is 57.9 Å². The number of carbonyl (C=O) groups is 2. The van der Waals surface area contributed by atoms with Gasteiger partial charge in [0.05, 0.1) is 24.0 Å². The fourth-order valence-electron chi connectivity index (χ4n) is 3.85. The topological polar surface area (TPSA) is 86.6 Å². The second kappa shape index (κ2) is 6.34. The average Bonchev–Trinajstić information content (AvgIpc) is 2.84. The molecule has 2 rings (SSSR count). The van der Waals surface area contributed by atoms with Crippen LogP contribution < -0.4 is 5.32 Å². The van der Waals surface area contributed by atoms with Crippen molar-refractivity contribution in [2.75, 3.05) is 6.61 Å². The first-order valence-electron chi connectivity index (χ1n) is 8.02. The fourth-order valence-corrected chi connectivity index (χ4v) is 3.85. The van der Waals surface area contributed by atoms with E-state index in [1.165, 1.54) is 0 Å². The Morgan fingerprint density at radius 2 is 1.67 bits per heavy atom. The van der Waals surface area contributed by atoms with E-state index in [2.05, 4.69) is 12.2 Å². The summed E-state index contributed by atoms with van der Waals surface area (Å²) in [4.78, 5) is 23.9. The predicted molar refractivity (Wildman–Crippen MR) is 78.6 cm³/mol. The van der Waals surface area contributed by atoms with E-state index in [9.17, 15) is 19.8 Å². The van der Waals surface area contributed by atoms with Crippen LogP contribution in [0.1, 0.15) is 52.4 Å². The zero-order valence-electron chi connectivity index (χ0n) is 13.0. The fraction of sp³-hybridized carbons (Fsp3) is 0.875. The Morgan fingerprint density at radius 1 is 1.10 bits per heavy atom. The quantitative estimate of drug-likeness (QED) is 0.738. The number of amides is 1. The molecule has 3 atom stereocenters. The largest absolute Gasteiger partial charge is 0.481 e. The number of carboxylic acid groups (broad SMARTS) is 1. The van der Waals surface area contributed by atoms with E-state index < -0.39 is 23.3 Å². The highest BCUT2D eigenvalue weighted by Gasteiger charge is 2.44. The maximum Gasteiger partial charge on any atom is 0.307 e. The summed E-state index contributed by atoms with van der Waals surface area (Å²) in [6.07, 6.45) is 4.72. The first-order chi connectivity index (χ1) is 9.87. The molecule has 0 heterocycles. The van der Waals surface area contributed by atoms with E-state index in [-0.39, 0.29) is 18.4 Å². The highest BCUT2D eigenvalue weighted by atomic mass is 16.4. The van der Waals surface area contributed by atoms with E-state index in [0.717, 1.165) is 25.7 Å². The number of nitrogens with one attached hydrogen (secondary N) is 1. The van der Waals surface area contributed by atoms with Crippen LogP contribution in [0.4, 0.5) is 0 Å². The number of carboxylic acids is 1. The third kappa shape index (κ3) is 3.57. The molecule has 2 aliphatic carbocycles. The molecule has 3 N–H and O–H groups in total. The summed E-state index contributed by atoms with van der Waals surface area (Å²) in [7, 11) is 0. The third-order valence-corrected chi connectivity index (χ3v) is 5.37. The van der Waals surface area contributed by atoms with Crippen LogP contribution in [0.15, 0.2) is 0 Å². The van der Waals surface area contributed by atoms with Crippen molar-refractivity contribution in [1.29, 1.82) is 0 Å². The molecule has 0 aromatic heterocycles. The smallest absolute Gasteiger partial charge is 0.307 e. The Kier molecular flexibility index (Phi) is 4.91. The number of aliphatic carboxylic acids is 1. The number of carbonyl (C=O) groups excluding carboxylic acids is 1. The lowest BCUT2D eigenvalue weighted by molar-refractivity contribution is -0.146. The lowest BCUT2D eigenvalue weighted by atomic mass is 9.77. The van der Waals surface area contributed by atoms with Gasteiger partial charge in [-0.3, -0.25) is 9.59 Å². The van der Waals surface area contributed by atoms with Crippen LogP contribution in [0.5, 0.6) is 0 Å². The Labute approximate surface area is 126 Å². The SMILES string of the molecule is CC1CCC(CO)(NC(=O)C2CC(C)CC2C(=O)O)CC1. The lowest BCUT2D eigenvalue weighted by Crippen LogP contribution is -2.55. The Balaban J connectivity index is 2.04. The first-order valence-corrected chi connectivity index (χ1v) is 8.02. The lowest BCUT2D eigenvalue weighted by Gasteiger charge is -2.39. The van der Waals surface area contributed by atoms with Crippen molar-refractivity contribution >= 4 is 11.9 Å². The molecule has 0 aliphatic heterocycles. The maximum atomic E-state index is 12.5. The summed E-state index contributed by atoms with van der Waals surface area (Å²) in [6, 6.07) is 0. The third-order valence-electron chi connectivity index (χ3n) is 5.37. The van der Waals surface area contributed by atoms with Crippen LogP contribution in [-0.2, 0) is 9.59 Å². The van der Waals surface area contributed by atoms with Gasteiger partial charge in [0.15, 0.2) is 0 Å². The number of rotatable bonds is 4. The Bertz CT molecular complexity index is 401. The van der Waals surface area contributed by atoms with Crippen LogP contribution in [0.2, 0.25) is 0 Å². The zero-order chi connectivity index (χ0) is 15.6. The van der Waals surface area contributed by atoms with E-state index in [0.29, 0.717) is 18.8 Å². The zero-order valence-corrected chi connectivity index (χ0v) is 13.0. The van der Waals surface area contributed by atoms with Gasteiger partial charge in [-0.1, -0.05) is 13.8 Å². The van der Waals surface area contributed by atoms with Gasteiger partial charge in [0.2, 0.25) is 5.91 Å². The van der Waals surface area contributed by atoms with Crippen LogP contribution in [0.3, 0.4) is 0 Å².